The molecule has 1 aliphatic rings. The predicted octanol–water partition coefficient (Wildman–Crippen LogP) is 0.434. The molecule has 0 fully saturated rings. The van der Waals surface area contributed by atoms with Gasteiger partial charge in [0.25, 0.3) is 0 Å². The second-order valence-corrected chi connectivity index (χ2v) is 4.39. The number of amides is 2. The van der Waals surface area contributed by atoms with Crippen LogP contribution >= 0.6 is 0 Å². The van der Waals surface area contributed by atoms with Gasteiger partial charge in [-0.15, -0.1) is 0 Å². The van der Waals surface area contributed by atoms with Gasteiger partial charge in [-0.2, -0.15) is 10.2 Å². The van der Waals surface area contributed by atoms with E-state index >= 15 is 0 Å². The fraction of sp³-hybridized carbons (Fsp3) is 0.308. The van der Waals surface area contributed by atoms with E-state index in [1.54, 1.807) is 31.5 Å². The van der Waals surface area contributed by atoms with Gasteiger partial charge in [0.15, 0.2) is 0 Å². The van der Waals surface area contributed by atoms with Crippen molar-refractivity contribution in [2.45, 2.75) is 19.8 Å². The SMILES string of the molecule is CC1=NNC(=O)C1CCC(=O)N/N=C/c1ccncc1. The van der Waals surface area contributed by atoms with Gasteiger partial charge in [-0.05, 0) is 31.0 Å². The molecule has 0 bridgehead atoms. The van der Waals surface area contributed by atoms with Crippen molar-refractivity contribution in [3.05, 3.63) is 30.1 Å². The standard InChI is InChI=1S/C13H15N5O2/c1-9-11(13(20)18-16-9)2-3-12(19)17-15-8-10-4-6-14-7-5-10/h4-8,11H,2-3H2,1H3,(H,17,19)(H,18,20)/b15-8+. The predicted molar refractivity (Wildman–Crippen MR) is 73.9 cm³/mol. The summed E-state index contributed by atoms with van der Waals surface area (Å²) in [5.74, 6) is -0.705. The first-order valence-electron chi connectivity index (χ1n) is 6.23. The Bertz CT molecular complexity index is 553. The van der Waals surface area contributed by atoms with Crippen LogP contribution in [0.5, 0.6) is 0 Å². The minimum atomic E-state index is -0.315. The molecule has 7 nitrogen and oxygen atoms in total. The zero-order valence-electron chi connectivity index (χ0n) is 11.0. The van der Waals surface area contributed by atoms with E-state index in [0.717, 1.165) is 5.56 Å². The van der Waals surface area contributed by atoms with Crippen LogP contribution in [0.2, 0.25) is 0 Å². The van der Waals surface area contributed by atoms with Gasteiger partial charge in [-0.25, -0.2) is 10.9 Å². The first-order chi connectivity index (χ1) is 9.66. The lowest BCUT2D eigenvalue weighted by Gasteiger charge is -2.06. The maximum absolute atomic E-state index is 11.6. The quantitative estimate of drug-likeness (QED) is 0.601. The highest BCUT2D eigenvalue weighted by Gasteiger charge is 2.26. The number of hydrazone groups is 2. The molecule has 104 valence electrons. The van der Waals surface area contributed by atoms with E-state index < -0.39 is 0 Å². The second kappa shape index (κ2) is 6.55. The largest absolute Gasteiger partial charge is 0.273 e. The van der Waals surface area contributed by atoms with E-state index in [4.69, 9.17) is 0 Å². The highest BCUT2D eigenvalue weighted by molar-refractivity contribution is 6.07. The third-order valence-electron chi connectivity index (χ3n) is 2.93. The van der Waals surface area contributed by atoms with Crippen molar-refractivity contribution in [1.29, 1.82) is 0 Å². The van der Waals surface area contributed by atoms with Crippen molar-refractivity contribution in [3.63, 3.8) is 0 Å². The molecule has 0 saturated heterocycles. The number of rotatable bonds is 5. The molecule has 7 heteroatoms. The molecule has 0 aromatic carbocycles. The van der Waals surface area contributed by atoms with Gasteiger partial charge in [0.1, 0.15) is 0 Å². The molecule has 0 radical (unpaired) electrons. The lowest BCUT2D eigenvalue weighted by molar-refractivity contribution is -0.123. The Morgan fingerprint density at radius 3 is 2.90 bits per heavy atom. The monoisotopic (exact) mass is 273 g/mol. The zero-order valence-corrected chi connectivity index (χ0v) is 11.0. The molecular formula is C13H15N5O2. The van der Waals surface area contributed by atoms with Crippen LogP contribution in [-0.4, -0.2) is 28.7 Å². The Balaban J connectivity index is 1.75. The number of pyridine rings is 1. The lowest BCUT2D eigenvalue weighted by atomic mass is 9.99. The Hall–Kier alpha value is -2.57. The summed E-state index contributed by atoms with van der Waals surface area (Å²) >= 11 is 0. The summed E-state index contributed by atoms with van der Waals surface area (Å²) in [4.78, 5) is 26.9. The number of nitrogens with zero attached hydrogens (tertiary/aromatic N) is 3. The number of hydrogen-bond donors (Lipinski definition) is 2. The molecule has 1 atom stereocenters. The van der Waals surface area contributed by atoms with Crippen molar-refractivity contribution in [2.75, 3.05) is 0 Å². The van der Waals surface area contributed by atoms with Crippen LogP contribution in [0.15, 0.2) is 34.7 Å². The van der Waals surface area contributed by atoms with Gasteiger partial charge in [0.05, 0.1) is 12.1 Å². The summed E-state index contributed by atoms with van der Waals surface area (Å²) in [6.45, 7) is 1.77. The van der Waals surface area contributed by atoms with E-state index in [2.05, 4.69) is 26.0 Å². The van der Waals surface area contributed by atoms with Crippen molar-refractivity contribution >= 4 is 23.7 Å². The van der Waals surface area contributed by atoms with Crippen LogP contribution in [0.25, 0.3) is 0 Å². The fourth-order valence-corrected chi connectivity index (χ4v) is 1.79. The van der Waals surface area contributed by atoms with Crippen LogP contribution in [0.4, 0.5) is 0 Å². The van der Waals surface area contributed by atoms with Gasteiger partial charge in [0, 0.05) is 24.5 Å². The zero-order chi connectivity index (χ0) is 14.4. The molecule has 20 heavy (non-hydrogen) atoms. The summed E-state index contributed by atoms with van der Waals surface area (Å²) in [5, 5.41) is 7.67. The summed E-state index contributed by atoms with van der Waals surface area (Å²) in [6, 6.07) is 3.55. The highest BCUT2D eigenvalue weighted by atomic mass is 16.2. The van der Waals surface area contributed by atoms with Crippen molar-refractivity contribution in [1.82, 2.24) is 15.8 Å². The average molecular weight is 273 g/mol. The second-order valence-electron chi connectivity index (χ2n) is 4.39. The topological polar surface area (TPSA) is 95.8 Å². The van der Waals surface area contributed by atoms with E-state index in [-0.39, 0.29) is 24.2 Å². The van der Waals surface area contributed by atoms with Gasteiger partial charge in [-0.1, -0.05) is 0 Å². The van der Waals surface area contributed by atoms with E-state index in [9.17, 15) is 9.59 Å². The maximum atomic E-state index is 11.6. The molecule has 1 aromatic heterocycles. The molecule has 1 aromatic rings. The summed E-state index contributed by atoms with van der Waals surface area (Å²) in [7, 11) is 0. The van der Waals surface area contributed by atoms with Crippen LogP contribution < -0.4 is 10.9 Å². The van der Waals surface area contributed by atoms with Crippen molar-refractivity contribution in [2.24, 2.45) is 16.1 Å². The summed E-state index contributed by atoms with van der Waals surface area (Å²) in [5.41, 5.74) is 6.37. The van der Waals surface area contributed by atoms with Crippen LogP contribution in [0.3, 0.4) is 0 Å². The molecule has 2 heterocycles. The molecular weight excluding hydrogens is 258 g/mol. The number of carbonyl (C=O) groups is 2. The van der Waals surface area contributed by atoms with Gasteiger partial charge in [0.2, 0.25) is 11.8 Å². The third kappa shape index (κ3) is 3.71. The van der Waals surface area contributed by atoms with Crippen molar-refractivity contribution < 1.29 is 9.59 Å². The number of nitrogens with one attached hydrogen (secondary N) is 2. The molecule has 0 spiro atoms. The highest BCUT2D eigenvalue weighted by Crippen LogP contribution is 2.13. The minimum Gasteiger partial charge on any atom is -0.273 e. The first-order valence-corrected chi connectivity index (χ1v) is 6.23. The van der Waals surface area contributed by atoms with E-state index in [1.807, 2.05) is 0 Å². The first kappa shape index (κ1) is 13.9. The van der Waals surface area contributed by atoms with E-state index in [0.29, 0.717) is 12.1 Å². The molecule has 2 amide bonds. The Kier molecular flexibility index (Phi) is 4.54. The molecule has 1 unspecified atom stereocenters. The van der Waals surface area contributed by atoms with Crippen LogP contribution in [-0.2, 0) is 9.59 Å². The van der Waals surface area contributed by atoms with Crippen LogP contribution in [0, 0.1) is 5.92 Å². The normalized spacial score (nSPS) is 17.9. The number of aromatic nitrogens is 1. The number of carbonyl (C=O) groups excluding carboxylic acids is 2. The van der Waals surface area contributed by atoms with Crippen LogP contribution in [0.1, 0.15) is 25.3 Å². The molecule has 1 aliphatic heterocycles. The fourth-order valence-electron chi connectivity index (χ4n) is 1.79. The smallest absolute Gasteiger partial charge is 0.248 e. The molecule has 0 saturated carbocycles. The van der Waals surface area contributed by atoms with Crippen molar-refractivity contribution in [3.8, 4) is 0 Å². The Labute approximate surface area is 116 Å². The third-order valence-corrected chi connectivity index (χ3v) is 2.93. The minimum absolute atomic E-state index is 0.157. The summed E-state index contributed by atoms with van der Waals surface area (Å²) < 4.78 is 0. The molecule has 2 N–H and O–H groups in total. The number of hydrogen-bond acceptors (Lipinski definition) is 5. The maximum Gasteiger partial charge on any atom is 0.248 e. The Morgan fingerprint density at radius 2 is 2.25 bits per heavy atom. The lowest BCUT2D eigenvalue weighted by Crippen LogP contribution is -2.25. The van der Waals surface area contributed by atoms with Gasteiger partial charge < -0.3 is 0 Å². The van der Waals surface area contributed by atoms with E-state index in [1.165, 1.54) is 6.21 Å². The molecule has 0 aliphatic carbocycles. The Morgan fingerprint density at radius 1 is 1.50 bits per heavy atom. The van der Waals surface area contributed by atoms with Gasteiger partial charge in [-0.3, -0.25) is 14.6 Å². The summed E-state index contributed by atoms with van der Waals surface area (Å²) in [6.07, 6.45) is 5.47. The average Bonchev–Trinajstić information content (AvgIpc) is 2.77. The molecule has 2 rings (SSSR count). The van der Waals surface area contributed by atoms with Gasteiger partial charge >= 0.3 is 0 Å².